The van der Waals surface area contributed by atoms with Crippen LogP contribution in [0.5, 0.6) is 0 Å². The summed E-state index contributed by atoms with van der Waals surface area (Å²) in [6.07, 6.45) is 0.858. The van der Waals surface area contributed by atoms with E-state index in [1.54, 1.807) is 0 Å². The highest BCUT2D eigenvalue weighted by Crippen LogP contribution is 1.92. The smallest absolute Gasteiger partial charge is 0.234 e. The Hall–Kier alpha value is -1.08. The third-order valence-electron chi connectivity index (χ3n) is 1.66. The number of rotatable bonds is 5. The van der Waals surface area contributed by atoms with Crippen LogP contribution in [0, 0.1) is 11.3 Å². The van der Waals surface area contributed by atoms with E-state index < -0.39 is 0 Å². The lowest BCUT2D eigenvalue weighted by molar-refractivity contribution is -0.120. The molecule has 1 unspecified atom stereocenters. The van der Waals surface area contributed by atoms with Crippen LogP contribution in [0.4, 0.5) is 0 Å². The van der Waals surface area contributed by atoms with Gasteiger partial charge in [-0.05, 0) is 34.0 Å². The van der Waals surface area contributed by atoms with Gasteiger partial charge in [-0.15, -0.1) is 0 Å². The van der Waals surface area contributed by atoms with Gasteiger partial charge < -0.3 is 10.2 Å². The van der Waals surface area contributed by atoms with Crippen LogP contribution < -0.4 is 5.32 Å². The predicted molar refractivity (Wildman–Crippen MR) is 51.0 cm³/mol. The summed E-state index contributed by atoms with van der Waals surface area (Å²) < 4.78 is 0. The van der Waals surface area contributed by atoms with Crippen LogP contribution in [0.2, 0.25) is 0 Å². The third kappa shape index (κ3) is 7.29. The molecule has 0 bridgehead atoms. The van der Waals surface area contributed by atoms with Crippen molar-refractivity contribution in [2.24, 2.45) is 0 Å². The molecular formula is C9H17N3O. The zero-order valence-electron chi connectivity index (χ0n) is 8.50. The van der Waals surface area contributed by atoms with E-state index >= 15 is 0 Å². The van der Waals surface area contributed by atoms with Crippen molar-refractivity contribution >= 4 is 5.91 Å². The van der Waals surface area contributed by atoms with Crippen LogP contribution in [-0.4, -0.2) is 37.5 Å². The van der Waals surface area contributed by atoms with Gasteiger partial charge >= 0.3 is 0 Å². The molecule has 0 fully saturated rings. The molecule has 0 spiro atoms. The van der Waals surface area contributed by atoms with E-state index in [1.807, 2.05) is 27.1 Å². The Bertz CT molecular complexity index is 196. The summed E-state index contributed by atoms with van der Waals surface area (Å²) in [5.74, 6) is -0.186. The molecule has 4 nitrogen and oxygen atoms in total. The van der Waals surface area contributed by atoms with E-state index in [1.165, 1.54) is 0 Å². The second kappa shape index (κ2) is 6.44. The summed E-state index contributed by atoms with van der Waals surface area (Å²) in [6.45, 7) is 2.88. The van der Waals surface area contributed by atoms with Crippen LogP contribution in [0.25, 0.3) is 0 Å². The highest BCUT2D eigenvalue weighted by Gasteiger charge is 2.06. The fourth-order valence-corrected chi connectivity index (χ4v) is 0.922. The summed E-state index contributed by atoms with van der Waals surface area (Å²) in [5, 5.41) is 11.0. The molecule has 74 valence electrons. The summed E-state index contributed by atoms with van der Waals surface area (Å²) in [5.41, 5.74) is 0. The van der Waals surface area contributed by atoms with E-state index in [9.17, 15) is 4.79 Å². The Morgan fingerprint density at radius 3 is 2.69 bits per heavy atom. The number of carbonyl (C=O) groups excluding carboxylic acids is 1. The van der Waals surface area contributed by atoms with Gasteiger partial charge in [-0.1, -0.05) is 0 Å². The molecule has 1 atom stereocenters. The third-order valence-corrected chi connectivity index (χ3v) is 1.66. The average Bonchev–Trinajstić information content (AvgIpc) is 2.01. The first-order chi connectivity index (χ1) is 6.06. The molecule has 0 aromatic rings. The van der Waals surface area contributed by atoms with Gasteiger partial charge in [0.2, 0.25) is 5.91 Å². The minimum absolute atomic E-state index is 0.0493. The average molecular weight is 183 g/mol. The number of nitrogens with one attached hydrogen (secondary N) is 1. The normalized spacial score (nSPS) is 12.2. The molecule has 0 radical (unpaired) electrons. The van der Waals surface area contributed by atoms with Gasteiger partial charge in [-0.25, -0.2) is 0 Å². The highest BCUT2D eigenvalue weighted by atomic mass is 16.1. The van der Waals surface area contributed by atoms with Crippen molar-refractivity contribution in [3.05, 3.63) is 0 Å². The molecule has 1 amide bonds. The van der Waals surface area contributed by atoms with Gasteiger partial charge in [0.05, 0.1) is 6.07 Å². The largest absolute Gasteiger partial charge is 0.353 e. The van der Waals surface area contributed by atoms with Crippen molar-refractivity contribution in [2.45, 2.75) is 25.8 Å². The molecule has 1 N–H and O–H groups in total. The predicted octanol–water partition coefficient (Wildman–Crippen LogP) is 0.356. The molecule has 0 aromatic carbocycles. The second-order valence-electron chi connectivity index (χ2n) is 3.40. The first-order valence-electron chi connectivity index (χ1n) is 4.37. The zero-order chi connectivity index (χ0) is 10.3. The summed E-state index contributed by atoms with van der Waals surface area (Å²) in [7, 11) is 3.98. The van der Waals surface area contributed by atoms with Crippen molar-refractivity contribution in [2.75, 3.05) is 20.6 Å². The van der Waals surface area contributed by atoms with Crippen molar-refractivity contribution in [1.82, 2.24) is 10.2 Å². The number of nitriles is 1. The van der Waals surface area contributed by atoms with E-state index in [-0.39, 0.29) is 18.4 Å². The van der Waals surface area contributed by atoms with E-state index in [0.717, 1.165) is 13.0 Å². The molecule has 0 aromatic heterocycles. The molecular weight excluding hydrogens is 166 g/mol. The molecule has 0 aliphatic rings. The van der Waals surface area contributed by atoms with Gasteiger partial charge in [0.15, 0.2) is 0 Å². The SMILES string of the molecule is CC(CCN(C)C)NC(=O)CC#N. The van der Waals surface area contributed by atoms with E-state index in [2.05, 4.69) is 10.2 Å². The summed E-state index contributed by atoms with van der Waals surface area (Å²) >= 11 is 0. The van der Waals surface area contributed by atoms with Gasteiger partial charge in [0.1, 0.15) is 6.42 Å². The van der Waals surface area contributed by atoms with Gasteiger partial charge in [0.25, 0.3) is 0 Å². The van der Waals surface area contributed by atoms with Crippen LogP contribution in [0.1, 0.15) is 19.8 Å². The number of hydrogen-bond donors (Lipinski definition) is 1. The van der Waals surface area contributed by atoms with E-state index in [4.69, 9.17) is 5.26 Å². The van der Waals surface area contributed by atoms with Crippen molar-refractivity contribution in [1.29, 1.82) is 5.26 Å². The van der Waals surface area contributed by atoms with Crippen LogP contribution in [0.15, 0.2) is 0 Å². The lowest BCUT2D eigenvalue weighted by atomic mass is 10.2. The molecule has 13 heavy (non-hydrogen) atoms. The van der Waals surface area contributed by atoms with Crippen LogP contribution in [0.3, 0.4) is 0 Å². The van der Waals surface area contributed by atoms with E-state index in [0.29, 0.717) is 0 Å². The molecule has 4 heteroatoms. The molecule has 0 saturated carbocycles. The molecule has 0 rings (SSSR count). The van der Waals surface area contributed by atoms with Crippen molar-refractivity contribution < 1.29 is 4.79 Å². The molecule has 0 aliphatic heterocycles. The molecule has 0 heterocycles. The Morgan fingerprint density at radius 1 is 1.62 bits per heavy atom. The highest BCUT2D eigenvalue weighted by molar-refractivity contribution is 5.78. The van der Waals surface area contributed by atoms with Crippen molar-refractivity contribution in [3.63, 3.8) is 0 Å². The molecule has 0 aliphatic carbocycles. The number of amides is 1. The standard InChI is InChI=1S/C9H17N3O/c1-8(5-7-12(2)3)11-9(13)4-6-10/h8H,4-5,7H2,1-3H3,(H,11,13). The fourth-order valence-electron chi connectivity index (χ4n) is 0.922. The second-order valence-corrected chi connectivity index (χ2v) is 3.40. The molecule has 0 saturated heterocycles. The maximum Gasteiger partial charge on any atom is 0.234 e. The first-order valence-corrected chi connectivity index (χ1v) is 4.37. The maximum absolute atomic E-state index is 11.0. The number of hydrogen-bond acceptors (Lipinski definition) is 3. The topological polar surface area (TPSA) is 56.1 Å². The zero-order valence-corrected chi connectivity index (χ0v) is 8.50. The maximum atomic E-state index is 11.0. The minimum atomic E-state index is -0.186. The summed E-state index contributed by atoms with van der Waals surface area (Å²) in [6, 6.07) is 1.96. The fraction of sp³-hybridized carbons (Fsp3) is 0.778. The monoisotopic (exact) mass is 183 g/mol. The number of nitrogens with zero attached hydrogens (tertiary/aromatic N) is 2. The lowest BCUT2D eigenvalue weighted by Gasteiger charge is -2.15. The van der Waals surface area contributed by atoms with Gasteiger partial charge in [-0.2, -0.15) is 5.26 Å². The first kappa shape index (κ1) is 11.9. The quantitative estimate of drug-likeness (QED) is 0.669. The van der Waals surface area contributed by atoms with Gasteiger partial charge in [-0.3, -0.25) is 4.79 Å². The van der Waals surface area contributed by atoms with Crippen LogP contribution in [-0.2, 0) is 4.79 Å². The Labute approximate surface area is 79.5 Å². The Balaban J connectivity index is 3.56. The Kier molecular flexibility index (Phi) is 5.90. The minimum Gasteiger partial charge on any atom is -0.353 e. The lowest BCUT2D eigenvalue weighted by Crippen LogP contribution is -2.34. The van der Waals surface area contributed by atoms with Gasteiger partial charge in [0, 0.05) is 6.04 Å². The van der Waals surface area contributed by atoms with Crippen LogP contribution >= 0.6 is 0 Å². The summed E-state index contributed by atoms with van der Waals surface area (Å²) in [4.78, 5) is 13.0. The Morgan fingerprint density at radius 2 is 2.23 bits per heavy atom. The number of carbonyl (C=O) groups is 1. The van der Waals surface area contributed by atoms with Crippen molar-refractivity contribution in [3.8, 4) is 6.07 Å².